The molecule has 0 atom stereocenters. The van der Waals surface area contributed by atoms with Crippen LogP contribution >= 0.6 is 0 Å². The van der Waals surface area contributed by atoms with Gasteiger partial charge in [0.2, 0.25) is 0 Å². The minimum atomic E-state index is -0.355. The molecule has 78 valence electrons. The van der Waals surface area contributed by atoms with Crippen LogP contribution in [0, 0.1) is 0 Å². The van der Waals surface area contributed by atoms with Crippen molar-refractivity contribution in [3.8, 4) is 0 Å². The van der Waals surface area contributed by atoms with Crippen LogP contribution in [0.4, 0.5) is 0 Å². The maximum Gasteiger partial charge on any atom is -1.00 e. The first-order valence-electron chi connectivity index (χ1n) is 4.62. The van der Waals surface area contributed by atoms with Crippen LogP contribution in [-0.4, -0.2) is 55.5 Å². The molecule has 0 aliphatic heterocycles. The third-order valence-electron chi connectivity index (χ3n) is 1.24. The van der Waals surface area contributed by atoms with Crippen molar-refractivity contribution in [2.24, 2.45) is 0 Å². The van der Waals surface area contributed by atoms with Gasteiger partial charge in [0.05, 0.1) is 0 Å². The second-order valence-corrected chi connectivity index (χ2v) is 3.09. The third-order valence-corrected chi connectivity index (χ3v) is 1.98. The van der Waals surface area contributed by atoms with E-state index in [4.69, 9.17) is 17.1 Å². The minimum absolute atomic E-state index is 0. The molecule has 0 bridgehead atoms. The van der Waals surface area contributed by atoms with Gasteiger partial charge in [-0.3, -0.25) is 0 Å². The molecule has 4 nitrogen and oxygen atoms in total. The average molecular weight is 206 g/mol. The molecule has 0 saturated carbocycles. The normalized spacial score (nSPS) is 10.0. The Bertz CT molecular complexity index is 87.4. The van der Waals surface area contributed by atoms with Gasteiger partial charge in [-0.05, 0) is 0 Å². The van der Waals surface area contributed by atoms with Crippen molar-refractivity contribution in [1.29, 1.82) is 0 Å². The van der Waals surface area contributed by atoms with Gasteiger partial charge < -0.3 is 1.43 Å². The van der Waals surface area contributed by atoms with Crippen LogP contribution in [0.3, 0.4) is 0 Å². The molecule has 0 heterocycles. The SMILES string of the molecule is CCOCC[O][Al+][O]CCOCC.[H-]. The summed E-state index contributed by atoms with van der Waals surface area (Å²) in [6, 6.07) is 0. The summed E-state index contributed by atoms with van der Waals surface area (Å²) in [6.45, 7) is 7.96. The molecule has 13 heavy (non-hydrogen) atoms. The van der Waals surface area contributed by atoms with E-state index in [9.17, 15) is 0 Å². The molecular formula is C8H19AlO4. The van der Waals surface area contributed by atoms with Crippen molar-refractivity contribution >= 4 is 15.9 Å². The maximum atomic E-state index is 5.20. The molecule has 0 aromatic rings. The van der Waals surface area contributed by atoms with Gasteiger partial charge in [0, 0.05) is 0 Å². The van der Waals surface area contributed by atoms with Gasteiger partial charge in [-0.15, -0.1) is 0 Å². The zero-order chi connectivity index (χ0) is 9.78. The predicted octanol–water partition coefficient (Wildman–Crippen LogP) is 0.739. The molecule has 0 radical (unpaired) electrons. The fraction of sp³-hybridized carbons (Fsp3) is 1.00. The maximum absolute atomic E-state index is 5.20. The van der Waals surface area contributed by atoms with E-state index in [1.165, 1.54) is 0 Å². The summed E-state index contributed by atoms with van der Waals surface area (Å²) in [5.41, 5.74) is 0. The van der Waals surface area contributed by atoms with Crippen molar-refractivity contribution in [2.45, 2.75) is 13.8 Å². The van der Waals surface area contributed by atoms with Crippen molar-refractivity contribution in [2.75, 3.05) is 39.6 Å². The summed E-state index contributed by atoms with van der Waals surface area (Å²) in [5, 5.41) is 0. The van der Waals surface area contributed by atoms with E-state index in [-0.39, 0.29) is 17.3 Å². The van der Waals surface area contributed by atoms with Gasteiger partial charge in [-0.1, -0.05) is 0 Å². The Balaban J connectivity index is 0. The molecule has 0 aromatic heterocycles. The van der Waals surface area contributed by atoms with Crippen molar-refractivity contribution in [1.82, 2.24) is 0 Å². The molecule has 0 spiro atoms. The Morgan fingerprint density at radius 3 is 1.69 bits per heavy atom. The standard InChI is InChI=1S/2C4H9O2.Al.H/c2*1-2-6-4-3-5;;/h2*2-4H2,1H3;;/q2*-1;+3;-1. The van der Waals surface area contributed by atoms with E-state index in [2.05, 4.69) is 0 Å². The number of hydrogen-bond acceptors (Lipinski definition) is 4. The van der Waals surface area contributed by atoms with Gasteiger partial charge in [0.15, 0.2) is 0 Å². The minimum Gasteiger partial charge on any atom is -1.00 e. The zero-order valence-electron chi connectivity index (χ0n) is 9.45. The van der Waals surface area contributed by atoms with Gasteiger partial charge in [-0.25, -0.2) is 0 Å². The van der Waals surface area contributed by atoms with E-state index in [0.717, 1.165) is 13.2 Å². The van der Waals surface area contributed by atoms with Gasteiger partial charge >= 0.3 is 86.4 Å². The van der Waals surface area contributed by atoms with E-state index >= 15 is 0 Å². The summed E-state index contributed by atoms with van der Waals surface area (Å²) in [7, 11) is 0. The van der Waals surface area contributed by atoms with E-state index in [1.54, 1.807) is 0 Å². The van der Waals surface area contributed by atoms with Crippen molar-refractivity contribution < 1.29 is 18.5 Å². The molecule has 0 aromatic carbocycles. The Morgan fingerprint density at radius 1 is 0.846 bits per heavy atom. The smallest absolute Gasteiger partial charge is 1.00 e. The van der Waals surface area contributed by atoms with Crippen molar-refractivity contribution in [3.05, 3.63) is 0 Å². The van der Waals surface area contributed by atoms with Gasteiger partial charge in [0.1, 0.15) is 0 Å². The molecule has 0 aliphatic carbocycles. The van der Waals surface area contributed by atoms with Crippen LogP contribution in [0.2, 0.25) is 0 Å². The van der Waals surface area contributed by atoms with Crippen LogP contribution in [0.25, 0.3) is 0 Å². The Labute approximate surface area is 88.4 Å². The first kappa shape index (κ1) is 13.4. The molecule has 0 N–H and O–H groups in total. The molecule has 0 fully saturated rings. The summed E-state index contributed by atoms with van der Waals surface area (Å²) in [4.78, 5) is 0. The van der Waals surface area contributed by atoms with Crippen LogP contribution < -0.4 is 0 Å². The molecule has 0 aliphatic rings. The van der Waals surface area contributed by atoms with E-state index in [1.807, 2.05) is 13.8 Å². The average Bonchev–Trinajstić information content (AvgIpc) is 2.16. The fourth-order valence-electron chi connectivity index (χ4n) is 0.647. The number of hydrogen-bond donors (Lipinski definition) is 0. The fourth-order valence-corrected chi connectivity index (χ4v) is 1.13. The Hall–Kier alpha value is 0.372. The predicted molar refractivity (Wildman–Crippen MR) is 51.8 cm³/mol. The van der Waals surface area contributed by atoms with Gasteiger partial charge in [-0.2, -0.15) is 0 Å². The first-order valence-corrected chi connectivity index (χ1v) is 5.56. The van der Waals surface area contributed by atoms with E-state index < -0.39 is 0 Å². The van der Waals surface area contributed by atoms with Crippen LogP contribution in [0.15, 0.2) is 0 Å². The van der Waals surface area contributed by atoms with Gasteiger partial charge in [0.25, 0.3) is 0 Å². The van der Waals surface area contributed by atoms with E-state index in [0.29, 0.717) is 26.4 Å². The van der Waals surface area contributed by atoms with Crippen LogP contribution in [0.5, 0.6) is 0 Å². The molecule has 0 unspecified atom stereocenters. The number of rotatable bonds is 10. The molecule has 0 rings (SSSR count). The largest absolute Gasteiger partial charge is 1.00 e. The summed E-state index contributed by atoms with van der Waals surface area (Å²) >= 11 is -0.355. The summed E-state index contributed by atoms with van der Waals surface area (Å²) in [6.07, 6.45) is 0. The first-order chi connectivity index (χ1) is 6.41. The Morgan fingerprint density at radius 2 is 1.31 bits per heavy atom. The third kappa shape index (κ3) is 12.4. The van der Waals surface area contributed by atoms with Crippen molar-refractivity contribution in [3.63, 3.8) is 0 Å². The second-order valence-electron chi connectivity index (χ2n) is 2.23. The zero-order valence-corrected chi connectivity index (χ0v) is 9.61. The molecule has 0 amide bonds. The molecular weight excluding hydrogens is 187 g/mol. The quantitative estimate of drug-likeness (QED) is 0.390. The Kier molecular flexibility index (Phi) is 12.7. The second kappa shape index (κ2) is 12.4. The number of ether oxygens (including phenoxy) is 2. The summed E-state index contributed by atoms with van der Waals surface area (Å²) in [5.74, 6) is 0. The topological polar surface area (TPSA) is 36.9 Å². The van der Waals surface area contributed by atoms with Crippen LogP contribution in [-0.2, 0) is 17.1 Å². The summed E-state index contributed by atoms with van der Waals surface area (Å²) < 4.78 is 20.6. The monoisotopic (exact) mass is 206 g/mol. The molecule has 0 saturated heterocycles. The molecule has 5 heteroatoms. The van der Waals surface area contributed by atoms with Crippen LogP contribution in [0.1, 0.15) is 15.3 Å².